The molecule has 1 N–H and O–H groups in total. The number of esters is 1. The standard InChI is InChI=1S/C15H28O4/c1-13(17)14(15(18)19-2)11-9-7-5-3-4-6-8-10-12-16/h14,16H,3-12H2,1-2H3. The highest BCUT2D eigenvalue weighted by molar-refractivity contribution is 5.97. The van der Waals surface area contributed by atoms with E-state index in [1.807, 2.05) is 0 Å². The van der Waals surface area contributed by atoms with Gasteiger partial charge in [-0.2, -0.15) is 0 Å². The molecule has 0 fully saturated rings. The number of aliphatic hydroxyl groups is 1. The largest absolute Gasteiger partial charge is 0.468 e. The third-order valence-electron chi connectivity index (χ3n) is 3.38. The first-order chi connectivity index (χ1) is 9.13. The second kappa shape index (κ2) is 12.2. The summed E-state index contributed by atoms with van der Waals surface area (Å²) >= 11 is 0. The summed E-state index contributed by atoms with van der Waals surface area (Å²) in [6.07, 6.45) is 9.28. The molecule has 0 spiro atoms. The minimum Gasteiger partial charge on any atom is -0.468 e. The van der Waals surface area contributed by atoms with E-state index in [0.717, 1.165) is 32.1 Å². The van der Waals surface area contributed by atoms with Crippen LogP contribution in [-0.2, 0) is 14.3 Å². The molecule has 0 amide bonds. The number of Topliss-reactive ketones (excluding diaryl/α,β-unsaturated/α-hetero) is 1. The van der Waals surface area contributed by atoms with E-state index in [2.05, 4.69) is 4.74 Å². The highest BCUT2D eigenvalue weighted by Gasteiger charge is 2.23. The zero-order chi connectivity index (χ0) is 14.5. The van der Waals surface area contributed by atoms with Crippen molar-refractivity contribution in [2.75, 3.05) is 13.7 Å². The average Bonchev–Trinajstić information content (AvgIpc) is 2.40. The van der Waals surface area contributed by atoms with Crippen LogP contribution < -0.4 is 0 Å². The molecule has 0 aliphatic carbocycles. The molecule has 0 saturated heterocycles. The molecule has 0 heterocycles. The van der Waals surface area contributed by atoms with Gasteiger partial charge in [0.2, 0.25) is 0 Å². The molecule has 4 heteroatoms. The van der Waals surface area contributed by atoms with Gasteiger partial charge in [0.1, 0.15) is 11.7 Å². The monoisotopic (exact) mass is 272 g/mol. The first-order valence-corrected chi connectivity index (χ1v) is 7.32. The van der Waals surface area contributed by atoms with Gasteiger partial charge >= 0.3 is 5.97 Å². The van der Waals surface area contributed by atoms with Crippen molar-refractivity contribution >= 4 is 11.8 Å². The van der Waals surface area contributed by atoms with E-state index in [4.69, 9.17) is 5.11 Å². The molecule has 4 nitrogen and oxygen atoms in total. The zero-order valence-corrected chi connectivity index (χ0v) is 12.3. The number of hydrogen-bond donors (Lipinski definition) is 1. The molecule has 0 bridgehead atoms. The third-order valence-corrected chi connectivity index (χ3v) is 3.38. The van der Waals surface area contributed by atoms with E-state index in [-0.39, 0.29) is 5.78 Å². The molecule has 0 rings (SSSR count). The highest BCUT2D eigenvalue weighted by Crippen LogP contribution is 2.15. The maximum atomic E-state index is 11.4. The Morgan fingerprint density at radius 3 is 1.84 bits per heavy atom. The van der Waals surface area contributed by atoms with Crippen LogP contribution in [0, 0.1) is 5.92 Å². The molecule has 0 aliphatic rings. The average molecular weight is 272 g/mol. The lowest BCUT2D eigenvalue weighted by molar-refractivity contribution is -0.149. The fourth-order valence-corrected chi connectivity index (χ4v) is 2.15. The van der Waals surface area contributed by atoms with Crippen LogP contribution in [0.25, 0.3) is 0 Å². The topological polar surface area (TPSA) is 63.6 Å². The number of aliphatic hydroxyl groups excluding tert-OH is 1. The summed E-state index contributed by atoms with van der Waals surface area (Å²) in [5.74, 6) is -1.08. The van der Waals surface area contributed by atoms with Crippen LogP contribution in [0.15, 0.2) is 0 Å². The molecule has 0 aromatic heterocycles. The Balaban J connectivity index is 3.51. The number of hydrogen-bond acceptors (Lipinski definition) is 4. The van der Waals surface area contributed by atoms with Crippen LogP contribution in [0.5, 0.6) is 0 Å². The van der Waals surface area contributed by atoms with Crippen molar-refractivity contribution in [3.63, 3.8) is 0 Å². The predicted molar refractivity (Wildman–Crippen MR) is 74.8 cm³/mol. The second-order valence-corrected chi connectivity index (χ2v) is 5.03. The Bertz CT molecular complexity index is 251. The molecule has 0 saturated carbocycles. The number of methoxy groups -OCH3 is 1. The number of ether oxygens (including phenoxy) is 1. The first-order valence-electron chi connectivity index (χ1n) is 7.32. The van der Waals surface area contributed by atoms with E-state index in [1.165, 1.54) is 33.3 Å². The van der Waals surface area contributed by atoms with Gasteiger partial charge in [0.25, 0.3) is 0 Å². The van der Waals surface area contributed by atoms with E-state index in [0.29, 0.717) is 13.0 Å². The second-order valence-electron chi connectivity index (χ2n) is 5.03. The minimum absolute atomic E-state index is 0.101. The lowest BCUT2D eigenvalue weighted by atomic mass is 9.97. The molecule has 0 aromatic rings. The number of rotatable bonds is 12. The number of carbonyl (C=O) groups is 2. The Morgan fingerprint density at radius 1 is 0.947 bits per heavy atom. The van der Waals surface area contributed by atoms with E-state index >= 15 is 0 Å². The summed E-state index contributed by atoms with van der Waals surface area (Å²) in [6, 6.07) is 0. The van der Waals surface area contributed by atoms with Gasteiger partial charge in [-0.25, -0.2) is 0 Å². The van der Waals surface area contributed by atoms with Crippen LogP contribution in [0.3, 0.4) is 0 Å². The van der Waals surface area contributed by atoms with Gasteiger partial charge in [-0.05, 0) is 19.8 Å². The fraction of sp³-hybridized carbons (Fsp3) is 0.867. The Kier molecular flexibility index (Phi) is 11.6. The summed E-state index contributed by atoms with van der Waals surface area (Å²) < 4.78 is 4.63. The Hall–Kier alpha value is -0.900. The quantitative estimate of drug-likeness (QED) is 0.337. The molecular weight excluding hydrogens is 244 g/mol. The third kappa shape index (κ3) is 9.65. The maximum absolute atomic E-state index is 11.4. The molecule has 19 heavy (non-hydrogen) atoms. The van der Waals surface area contributed by atoms with Gasteiger partial charge in [-0.15, -0.1) is 0 Å². The molecule has 1 atom stereocenters. The van der Waals surface area contributed by atoms with Crippen LogP contribution in [0.1, 0.15) is 64.7 Å². The van der Waals surface area contributed by atoms with Gasteiger partial charge in [0.15, 0.2) is 0 Å². The molecule has 0 aromatic carbocycles. The molecule has 0 radical (unpaired) electrons. The van der Waals surface area contributed by atoms with Crippen molar-refractivity contribution in [1.82, 2.24) is 0 Å². The van der Waals surface area contributed by atoms with Crippen LogP contribution in [-0.4, -0.2) is 30.6 Å². The predicted octanol–water partition coefficient (Wildman–Crippen LogP) is 2.87. The van der Waals surface area contributed by atoms with Crippen molar-refractivity contribution in [2.24, 2.45) is 5.92 Å². The lowest BCUT2D eigenvalue weighted by Gasteiger charge is -2.10. The van der Waals surface area contributed by atoms with Gasteiger partial charge in [0, 0.05) is 6.61 Å². The molecular formula is C15H28O4. The molecule has 0 aliphatic heterocycles. The summed E-state index contributed by atoms with van der Waals surface area (Å²) in [6.45, 7) is 1.74. The smallest absolute Gasteiger partial charge is 0.316 e. The number of carbonyl (C=O) groups excluding carboxylic acids is 2. The first kappa shape index (κ1) is 18.1. The summed E-state index contributed by atoms with van der Waals surface area (Å²) in [5.41, 5.74) is 0. The van der Waals surface area contributed by atoms with E-state index in [9.17, 15) is 9.59 Å². The van der Waals surface area contributed by atoms with E-state index < -0.39 is 11.9 Å². The van der Waals surface area contributed by atoms with Crippen molar-refractivity contribution in [3.8, 4) is 0 Å². The summed E-state index contributed by atoms with van der Waals surface area (Å²) in [7, 11) is 1.32. The number of unbranched alkanes of at least 4 members (excludes halogenated alkanes) is 7. The van der Waals surface area contributed by atoms with Crippen LogP contribution >= 0.6 is 0 Å². The lowest BCUT2D eigenvalue weighted by Crippen LogP contribution is -2.23. The van der Waals surface area contributed by atoms with Crippen LogP contribution in [0.2, 0.25) is 0 Å². The Labute approximate surface area is 116 Å². The Morgan fingerprint density at radius 2 is 1.42 bits per heavy atom. The number of ketones is 1. The van der Waals surface area contributed by atoms with Gasteiger partial charge in [-0.1, -0.05) is 44.9 Å². The zero-order valence-electron chi connectivity index (χ0n) is 12.3. The summed E-state index contributed by atoms with van der Waals surface area (Å²) in [5, 5.41) is 8.64. The molecule has 112 valence electrons. The molecule has 1 unspecified atom stereocenters. The van der Waals surface area contributed by atoms with Gasteiger partial charge in [0.05, 0.1) is 7.11 Å². The maximum Gasteiger partial charge on any atom is 0.316 e. The normalized spacial score (nSPS) is 12.2. The van der Waals surface area contributed by atoms with Gasteiger partial charge < -0.3 is 9.84 Å². The van der Waals surface area contributed by atoms with Crippen molar-refractivity contribution in [3.05, 3.63) is 0 Å². The SMILES string of the molecule is COC(=O)C(CCCCCCCCCCO)C(C)=O. The van der Waals surface area contributed by atoms with Crippen molar-refractivity contribution < 1.29 is 19.4 Å². The van der Waals surface area contributed by atoms with Crippen molar-refractivity contribution in [1.29, 1.82) is 0 Å². The van der Waals surface area contributed by atoms with E-state index in [1.54, 1.807) is 0 Å². The summed E-state index contributed by atoms with van der Waals surface area (Å²) in [4.78, 5) is 22.6. The highest BCUT2D eigenvalue weighted by atomic mass is 16.5. The van der Waals surface area contributed by atoms with Gasteiger partial charge in [-0.3, -0.25) is 9.59 Å². The van der Waals surface area contributed by atoms with Crippen molar-refractivity contribution in [2.45, 2.75) is 64.7 Å². The van der Waals surface area contributed by atoms with Crippen LogP contribution in [0.4, 0.5) is 0 Å². The minimum atomic E-state index is -0.574. The fourth-order valence-electron chi connectivity index (χ4n) is 2.15.